The summed E-state index contributed by atoms with van der Waals surface area (Å²) in [7, 11) is 0. The molecule has 0 amide bonds. The third kappa shape index (κ3) is 3.44. The van der Waals surface area contributed by atoms with E-state index in [-0.39, 0.29) is 0 Å². The largest absolute Gasteiger partial charge is 0.524 e. The summed E-state index contributed by atoms with van der Waals surface area (Å²) in [5, 5.41) is 35.7. The second-order valence-electron chi connectivity index (χ2n) is 4.93. The van der Waals surface area contributed by atoms with Crippen LogP contribution in [0.2, 0.25) is 0 Å². The summed E-state index contributed by atoms with van der Waals surface area (Å²) in [4.78, 5) is 44.8. The van der Waals surface area contributed by atoms with E-state index in [4.69, 9.17) is 20.4 Å². The highest BCUT2D eigenvalue weighted by molar-refractivity contribution is 6.07. The molecule has 1 aliphatic carbocycles. The lowest BCUT2D eigenvalue weighted by Crippen LogP contribution is -2.56. The third-order valence-corrected chi connectivity index (χ3v) is 3.37. The molecule has 0 fully saturated rings. The van der Waals surface area contributed by atoms with Gasteiger partial charge in [-0.1, -0.05) is 0 Å². The van der Waals surface area contributed by atoms with Crippen LogP contribution in [-0.4, -0.2) is 62.4 Å². The van der Waals surface area contributed by atoms with Crippen LogP contribution in [-0.2, 0) is 23.9 Å². The molecule has 9 nitrogen and oxygen atoms in total. The number of aliphatic carboxylic acids is 4. The van der Waals surface area contributed by atoms with Gasteiger partial charge in [0.15, 0.2) is 0 Å². The van der Waals surface area contributed by atoms with Gasteiger partial charge in [-0.2, -0.15) is 13.2 Å². The Balaban J connectivity index is 4.11. The van der Waals surface area contributed by atoms with E-state index < -0.39 is 70.7 Å². The molecule has 15 heteroatoms. The molecule has 0 saturated heterocycles. The second-order valence-corrected chi connectivity index (χ2v) is 4.93. The predicted octanol–water partition coefficient (Wildman–Crippen LogP) is 1.02. The zero-order valence-electron chi connectivity index (χ0n) is 12.3. The van der Waals surface area contributed by atoms with E-state index in [1.807, 2.05) is 0 Å². The molecule has 2 atom stereocenters. The number of carbonyl (C=O) groups is 4. The van der Waals surface area contributed by atoms with Gasteiger partial charge in [0.05, 0.1) is 11.1 Å². The molecule has 0 aromatic rings. The van der Waals surface area contributed by atoms with Crippen LogP contribution in [0.4, 0.5) is 26.3 Å². The molecule has 150 valence electrons. The standard InChI is InChI=1S/C12H6F6O9/c13-11(14,15)9(7(23)24)1-4(6(21)22)10(8(25)26,27-12(16,17)18)2-3(9)5(19)20/h1-2H,(H,19,20)(H,21,22)(H,23,24)(H,25,26). The minimum absolute atomic E-state index is 0.851. The van der Waals surface area contributed by atoms with E-state index in [1.54, 1.807) is 0 Å². The molecule has 0 heterocycles. The maximum absolute atomic E-state index is 13.4. The van der Waals surface area contributed by atoms with Crippen molar-refractivity contribution in [1.29, 1.82) is 0 Å². The quantitative estimate of drug-likeness (QED) is 0.487. The van der Waals surface area contributed by atoms with Gasteiger partial charge in [-0.15, -0.1) is 13.2 Å². The number of alkyl halides is 6. The van der Waals surface area contributed by atoms with Crippen molar-refractivity contribution in [1.82, 2.24) is 0 Å². The molecule has 0 saturated carbocycles. The van der Waals surface area contributed by atoms with E-state index in [0.29, 0.717) is 0 Å². The molecule has 0 aromatic heterocycles. The Bertz CT molecular complexity index is 777. The van der Waals surface area contributed by atoms with Gasteiger partial charge in [-0.25, -0.2) is 14.4 Å². The molecule has 0 aromatic carbocycles. The van der Waals surface area contributed by atoms with Gasteiger partial charge < -0.3 is 20.4 Å². The Kier molecular flexibility index (Phi) is 5.08. The molecule has 1 aliphatic rings. The van der Waals surface area contributed by atoms with Gasteiger partial charge >= 0.3 is 36.4 Å². The predicted molar refractivity (Wildman–Crippen MR) is 65.1 cm³/mol. The molecular weight excluding hydrogens is 402 g/mol. The van der Waals surface area contributed by atoms with Crippen molar-refractivity contribution in [3.8, 4) is 0 Å². The lowest BCUT2D eigenvalue weighted by Gasteiger charge is -2.38. The number of carboxylic acid groups (broad SMARTS) is 4. The summed E-state index contributed by atoms with van der Waals surface area (Å²) in [6.07, 6.45) is -13.8. The van der Waals surface area contributed by atoms with Crippen LogP contribution in [0, 0.1) is 5.41 Å². The van der Waals surface area contributed by atoms with Crippen molar-refractivity contribution in [2.24, 2.45) is 5.41 Å². The highest BCUT2D eigenvalue weighted by atomic mass is 19.4. The Morgan fingerprint density at radius 2 is 1.22 bits per heavy atom. The zero-order valence-corrected chi connectivity index (χ0v) is 12.3. The van der Waals surface area contributed by atoms with Gasteiger partial charge in [0.2, 0.25) is 11.0 Å². The first-order valence-corrected chi connectivity index (χ1v) is 6.16. The van der Waals surface area contributed by atoms with Gasteiger partial charge in [-0.3, -0.25) is 9.53 Å². The van der Waals surface area contributed by atoms with Crippen molar-refractivity contribution in [3.05, 3.63) is 23.3 Å². The van der Waals surface area contributed by atoms with Gasteiger partial charge in [0.25, 0.3) is 0 Å². The molecule has 0 bridgehead atoms. The fourth-order valence-corrected chi connectivity index (χ4v) is 2.27. The van der Waals surface area contributed by atoms with Crippen LogP contribution in [0.5, 0.6) is 0 Å². The lowest BCUT2D eigenvalue weighted by atomic mass is 9.69. The van der Waals surface area contributed by atoms with Crippen LogP contribution in [0.1, 0.15) is 0 Å². The average Bonchev–Trinajstić information content (AvgIpc) is 2.42. The molecule has 2 unspecified atom stereocenters. The van der Waals surface area contributed by atoms with Crippen LogP contribution in [0.15, 0.2) is 23.3 Å². The molecule has 1 rings (SSSR count). The van der Waals surface area contributed by atoms with Crippen molar-refractivity contribution < 1.29 is 70.7 Å². The lowest BCUT2D eigenvalue weighted by molar-refractivity contribution is -0.348. The van der Waals surface area contributed by atoms with Crippen LogP contribution >= 0.6 is 0 Å². The fourth-order valence-electron chi connectivity index (χ4n) is 2.27. The summed E-state index contributed by atoms with van der Waals surface area (Å²) in [6.45, 7) is 0. The third-order valence-electron chi connectivity index (χ3n) is 3.37. The fraction of sp³-hybridized carbons (Fsp3) is 0.333. The molecule has 0 aliphatic heterocycles. The monoisotopic (exact) mass is 408 g/mol. The molecule has 0 spiro atoms. The molecule has 0 radical (unpaired) electrons. The summed E-state index contributed by atoms with van der Waals surface area (Å²) in [5.41, 5.74) is -13.7. The van der Waals surface area contributed by atoms with Crippen molar-refractivity contribution in [3.63, 3.8) is 0 Å². The van der Waals surface area contributed by atoms with Crippen LogP contribution in [0.3, 0.4) is 0 Å². The Labute approximate surface area is 142 Å². The first-order chi connectivity index (χ1) is 11.9. The average molecular weight is 408 g/mol. The topological polar surface area (TPSA) is 158 Å². The summed E-state index contributed by atoms with van der Waals surface area (Å²) in [6, 6.07) is 0. The second kappa shape index (κ2) is 6.26. The van der Waals surface area contributed by atoms with E-state index in [0.717, 1.165) is 0 Å². The Morgan fingerprint density at radius 1 is 0.778 bits per heavy atom. The number of ether oxygens (including phenoxy) is 1. The van der Waals surface area contributed by atoms with E-state index >= 15 is 0 Å². The first-order valence-electron chi connectivity index (χ1n) is 6.16. The van der Waals surface area contributed by atoms with Crippen molar-refractivity contribution >= 4 is 23.9 Å². The highest BCUT2D eigenvalue weighted by Crippen LogP contribution is 2.52. The van der Waals surface area contributed by atoms with Crippen molar-refractivity contribution in [2.75, 3.05) is 0 Å². The maximum Gasteiger partial charge on any atom is 0.524 e. The smallest absolute Gasteiger partial charge is 0.480 e. The number of carboxylic acids is 4. The van der Waals surface area contributed by atoms with Crippen LogP contribution < -0.4 is 0 Å². The number of hydrogen-bond donors (Lipinski definition) is 4. The zero-order chi connectivity index (χ0) is 21.6. The van der Waals surface area contributed by atoms with Gasteiger partial charge in [-0.05, 0) is 12.2 Å². The summed E-state index contributed by atoms with van der Waals surface area (Å²) in [5.74, 6) is -11.4. The first kappa shape index (κ1) is 21.9. The Morgan fingerprint density at radius 3 is 1.48 bits per heavy atom. The van der Waals surface area contributed by atoms with E-state index in [1.165, 1.54) is 0 Å². The summed E-state index contributed by atoms with van der Waals surface area (Å²) < 4.78 is 80.9. The summed E-state index contributed by atoms with van der Waals surface area (Å²) >= 11 is 0. The Hall–Kier alpha value is -3.10. The normalized spacial score (nSPS) is 26.0. The van der Waals surface area contributed by atoms with Gasteiger partial charge in [0.1, 0.15) is 0 Å². The number of rotatable bonds is 5. The maximum atomic E-state index is 13.4. The van der Waals surface area contributed by atoms with Crippen LogP contribution in [0.25, 0.3) is 0 Å². The van der Waals surface area contributed by atoms with Gasteiger partial charge in [0, 0.05) is 0 Å². The van der Waals surface area contributed by atoms with E-state index in [2.05, 4.69) is 4.74 Å². The minimum atomic E-state index is -6.08. The molecule has 4 N–H and O–H groups in total. The SMILES string of the molecule is O=C(O)C1=CC(C(=O)O)(C(F)(F)F)C(C(=O)O)=CC1(OC(F)(F)F)C(=O)O. The highest BCUT2D eigenvalue weighted by Gasteiger charge is 2.69. The number of hydrogen-bond acceptors (Lipinski definition) is 5. The minimum Gasteiger partial charge on any atom is -0.480 e. The van der Waals surface area contributed by atoms with E-state index in [9.17, 15) is 45.5 Å². The van der Waals surface area contributed by atoms with Crippen molar-refractivity contribution in [2.45, 2.75) is 18.1 Å². The number of halogens is 6. The molecular formula is C12H6F6O9. The molecule has 27 heavy (non-hydrogen) atoms.